The highest BCUT2D eigenvalue weighted by molar-refractivity contribution is 6.25. The molecule has 1 N–H and O–H groups in total. The van der Waals surface area contributed by atoms with Crippen LogP contribution >= 0.6 is 0 Å². The second-order valence-electron chi connectivity index (χ2n) is 9.20. The number of Topliss-reactive ketones (excluding diaryl/α,β-unsaturated/α-hetero) is 2. The monoisotopic (exact) mass is 436 g/mol. The zero-order chi connectivity index (χ0) is 22.9. The number of ketones is 2. The van der Waals surface area contributed by atoms with Crippen molar-refractivity contribution in [3.63, 3.8) is 0 Å². The predicted molar refractivity (Wildman–Crippen MR) is 120 cm³/mol. The molecule has 2 aliphatic rings. The van der Waals surface area contributed by atoms with Gasteiger partial charge in [0.2, 0.25) is 0 Å². The molecule has 0 saturated heterocycles. The average Bonchev–Trinajstić information content (AvgIpc) is 3.16. The van der Waals surface area contributed by atoms with E-state index < -0.39 is 0 Å². The Labute approximate surface area is 187 Å². The van der Waals surface area contributed by atoms with Gasteiger partial charge in [-0.3, -0.25) is 9.59 Å². The van der Waals surface area contributed by atoms with Crippen molar-refractivity contribution < 1.29 is 24.0 Å². The van der Waals surface area contributed by atoms with E-state index in [9.17, 15) is 14.7 Å². The van der Waals surface area contributed by atoms with Crippen LogP contribution in [0.4, 0.5) is 5.69 Å². The fourth-order valence-electron chi connectivity index (χ4n) is 4.50. The molecule has 7 nitrogen and oxygen atoms in total. The molecule has 1 fully saturated rings. The number of aryl methyl sites for hydroxylation is 2. The molecule has 7 heteroatoms. The first-order chi connectivity index (χ1) is 15.3. The second kappa shape index (κ2) is 8.73. The SMILES string of the molecule is COc1ccccc1N=C1CC(C)(C)CC(=O)/C1=C(/O)CCc1noc2c1C(=O)CCC2. The minimum Gasteiger partial charge on any atom is -0.511 e. The third-order valence-corrected chi connectivity index (χ3v) is 6.00. The molecule has 1 saturated carbocycles. The van der Waals surface area contributed by atoms with Crippen molar-refractivity contribution in [1.82, 2.24) is 5.16 Å². The van der Waals surface area contributed by atoms with E-state index in [0.29, 0.717) is 66.3 Å². The van der Waals surface area contributed by atoms with Gasteiger partial charge in [-0.25, -0.2) is 4.99 Å². The maximum absolute atomic E-state index is 13.0. The lowest BCUT2D eigenvalue weighted by molar-refractivity contribution is -0.117. The number of allylic oxidation sites excluding steroid dienone is 2. The van der Waals surface area contributed by atoms with Crippen molar-refractivity contribution in [3.05, 3.63) is 52.6 Å². The standard InChI is InChI=1S/C25H28N2O5/c1-25(2)13-17(26-15-7-4-5-9-21(15)31-3)23(20(30)14-25)19(29)12-11-16-24-18(28)8-6-10-22(24)32-27-16/h4-5,7,9,29H,6,8,10-14H2,1-3H3/b23-19+,26-17?. The Morgan fingerprint density at radius 1 is 1.19 bits per heavy atom. The highest BCUT2D eigenvalue weighted by Crippen LogP contribution is 2.38. The summed E-state index contributed by atoms with van der Waals surface area (Å²) in [7, 11) is 1.57. The third kappa shape index (κ3) is 4.38. The number of hydrogen-bond donors (Lipinski definition) is 1. The van der Waals surface area contributed by atoms with Crippen molar-refractivity contribution >= 4 is 23.0 Å². The van der Waals surface area contributed by atoms with Gasteiger partial charge in [0.15, 0.2) is 11.6 Å². The van der Waals surface area contributed by atoms with E-state index in [1.54, 1.807) is 7.11 Å². The Kier molecular flexibility index (Phi) is 6.00. The summed E-state index contributed by atoms with van der Waals surface area (Å²) >= 11 is 0. The van der Waals surface area contributed by atoms with E-state index >= 15 is 0 Å². The number of para-hydroxylation sites is 2. The van der Waals surface area contributed by atoms with Gasteiger partial charge in [0.25, 0.3) is 0 Å². The molecule has 0 atom stereocenters. The molecule has 2 aliphatic carbocycles. The number of aliphatic hydroxyl groups is 1. The number of carbonyl (C=O) groups is 2. The number of fused-ring (bicyclic) bond motifs is 1. The lowest BCUT2D eigenvalue weighted by Gasteiger charge is -2.31. The molecule has 32 heavy (non-hydrogen) atoms. The van der Waals surface area contributed by atoms with Gasteiger partial charge in [-0.1, -0.05) is 31.1 Å². The van der Waals surface area contributed by atoms with Gasteiger partial charge in [0.1, 0.15) is 23.0 Å². The number of nitrogens with zero attached hydrogens (tertiary/aromatic N) is 2. The van der Waals surface area contributed by atoms with Gasteiger partial charge in [-0.05, 0) is 30.4 Å². The number of methoxy groups -OCH3 is 1. The van der Waals surface area contributed by atoms with Gasteiger partial charge in [0, 0.05) is 32.1 Å². The van der Waals surface area contributed by atoms with Crippen LogP contribution in [-0.2, 0) is 17.6 Å². The van der Waals surface area contributed by atoms with Crippen LogP contribution in [0.15, 0.2) is 45.1 Å². The summed E-state index contributed by atoms with van der Waals surface area (Å²) in [5.41, 5.74) is 2.25. The number of aromatic nitrogens is 1. The predicted octanol–water partition coefficient (Wildman–Crippen LogP) is 5.11. The molecule has 0 unspecified atom stereocenters. The minimum atomic E-state index is -0.265. The highest BCUT2D eigenvalue weighted by atomic mass is 16.5. The van der Waals surface area contributed by atoms with Crippen LogP contribution in [-0.4, -0.2) is 34.7 Å². The van der Waals surface area contributed by atoms with E-state index in [1.807, 2.05) is 38.1 Å². The average molecular weight is 437 g/mol. The van der Waals surface area contributed by atoms with E-state index in [2.05, 4.69) is 5.16 Å². The van der Waals surface area contributed by atoms with E-state index in [4.69, 9.17) is 14.3 Å². The maximum Gasteiger partial charge on any atom is 0.168 e. The Morgan fingerprint density at radius 3 is 2.75 bits per heavy atom. The Bertz CT molecular complexity index is 1120. The van der Waals surface area contributed by atoms with Crippen LogP contribution in [0, 0.1) is 5.41 Å². The number of hydrogen-bond acceptors (Lipinski definition) is 7. The summed E-state index contributed by atoms with van der Waals surface area (Å²) in [6, 6.07) is 7.33. The fourth-order valence-corrected chi connectivity index (χ4v) is 4.50. The maximum atomic E-state index is 13.0. The second-order valence-corrected chi connectivity index (χ2v) is 9.20. The summed E-state index contributed by atoms with van der Waals surface area (Å²) in [6.45, 7) is 4.04. The molecule has 0 bridgehead atoms. The number of aliphatic imine (C=N–C) groups is 1. The number of aliphatic hydroxyl groups excluding tert-OH is 1. The molecule has 1 aromatic heterocycles. The normalized spacial score (nSPS) is 20.9. The zero-order valence-electron chi connectivity index (χ0n) is 18.7. The Hall–Kier alpha value is -3.22. The quantitative estimate of drug-likeness (QED) is 0.516. The van der Waals surface area contributed by atoms with Gasteiger partial charge in [-0.15, -0.1) is 0 Å². The summed E-state index contributed by atoms with van der Waals surface area (Å²) < 4.78 is 10.7. The number of ether oxygens (including phenoxy) is 1. The van der Waals surface area contributed by atoms with Crippen LogP contribution in [0.25, 0.3) is 0 Å². The lowest BCUT2D eigenvalue weighted by Crippen LogP contribution is -2.32. The van der Waals surface area contributed by atoms with Crippen molar-refractivity contribution in [3.8, 4) is 5.75 Å². The van der Waals surface area contributed by atoms with Crippen molar-refractivity contribution in [1.29, 1.82) is 0 Å². The molecule has 1 aromatic carbocycles. The first-order valence-electron chi connectivity index (χ1n) is 11.0. The smallest absolute Gasteiger partial charge is 0.168 e. The largest absolute Gasteiger partial charge is 0.511 e. The summed E-state index contributed by atoms with van der Waals surface area (Å²) in [4.78, 5) is 30.1. The van der Waals surface area contributed by atoms with E-state index in [-0.39, 0.29) is 34.7 Å². The van der Waals surface area contributed by atoms with Gasteiger partial charge < -0.3 is 14.4 Å². The lowest BCUT2D eigenvalue weighted by atomic mass is 9.73. The third-order valence-electron chi connectivity index (χ3n) is 6.00. The molecular weight excluding hydrogens is 408 g/mol. The molecule has 0 spiro atoms. The van der Waals surface area contributed by atoms with Crippen molar-refractivity contribution in [2.75, 3.05) is 7.11 Å². The van der Waals surface area contributed by atoms with Gasteiger partial charge in [-0.2, -0.15) is 0 Å². The van der Waals surface area contributed by atoms with Crippen molar-refractivity contribution in [2.45, 2.75) is 58.8 Å². The molecule has 0 aliphatic heterocycles. The van der Waals surface area contributed by atoms with Gasteiger partial charge >= 0.3 is 0 Å². The molecular formula is C25H28N2O5. The first-order valence-corrected chi connectivity index (χ1v) is 11.0. The van der Waals surface area contributed by atoms with E-state index in [1.165, 1.54) is 0 Å². The molecule has 2 aromatic rings. The minimum absolute atomic E-state index is 0.0286. The molecule has 0 amide bonds. The van der Waals surface area contributed by atoms with Crippen LogP contribution in [0.3, 0.4) is 0 Å². The van der Waals surface area contributed by atoms with Crippen LogP contribution in [0.2, 0.25) is 0 Å². The van der Waals surface area contributed by atoms with Crippen LogP contribution in [0.5, 0.6) is 5.75 Å². The fraction of sp³-hybridized carbons (Fsp3) is 0.440. The molecule has 4 rings (SSSR count). The topological polar surface area (TPSA) is 102 Å². The van der Waals surface area contributed by atoms with Crippen LogP contribution in [0.1, 0.15) is 67.8 Å². The number of benzene rings is 1. The summed E-state index contributed by atoms with van der Waals surface area (Å²) in [5, 5.41) is 15.0. The summed E-state index contributed by atoms with van der Waals surface area (Å²) in [6.07, 6.45) is 3.32. The Morgan fingerprint density at radius 2 is 1.97 bits per heavy atom. The first kappa shape index (κ1) is 22.0. The summed E-state index contributed by atoms with van der Waals surface area (Å²) in [5.74, 6) is 1.09. The molecule has 0 radical (unpaired) electrons. The number of carbonyl (C=O) groups excluding carboxylic acids is 2. The Balaban J connectivity index is 1.67. The number of rotatable bonds is 5. The molecule has 1 heterocycles. The van der Waals surface area contributed by atoms with E-state index in [0.717, 1.165) is 6.42 Å². The van der Waals surface area contributed by atoms with Gasteiger partial charge in [0.05, 0.1) is 29.7 Å². The highest BCUT2D eigenvalue weighted by Gasteiger charge is 2.36. The zero-order valence-corrected chi connectivity index (χ0v) is 18.7. The van der Waals surface area contributed by atoms with Crippen molar-refractivity contribution in [2.24, 2.45) is 10.4 Å². The molecule has 168 valence electrons. The van der Waals surface area contributed by atoms with Crippen LogP contribution < -0.4 is 4.74 Å².